The highest BCUT2D eigenvalue weighted by Crippen LogP contribution is 2.13. The third kappa shape index (κ3) is 5.73. The normalized spacial score (nSPS) is 11.2. The van der Waals surface area contributed by atoms with Crippen LogP contribution in [0.25, 0.3) is 0 Å². The minimum atomic E-state index is -3.53. The van der Waals surface area contributed by atoms with Gasteiger partial charge in [0.2, 0.25) is 11.8 Å². The van der Waals surface area contributed by atoms with Crippen molar-refractivity contribution in [2.75, 3.05) is 19.3 Å². The van der Waals surface area contributed by atoms with Crippen LogP contribution in [0.4, 0.5) is 0 Å². The Hall–Kier alpha value is -2.61. The Morgan fingerprint density at radius 1 is 1.15 bits per heavy atom. The largest absolute Gasteiger partial charge is 0.467 e. The minimum Gasteiger partial charge on any atom is -0.467 e. The van der Waals surface area contributed by atoms with Gasteiger partial charge in [0.05, 0.1) is 30.0 Å². The zero-order valence-corrected chi connectivity index (χ0v) is 15.6. The number of likely N-dealkylation sites (N-methyl/N-ethyl adjacent to an activating group) is 1. The van der Waals surface area contributed by atoms with Crippen LogP contribution in [0, 0.1) is 6.92 Å². The van der Waals surface area contributed by atoms with E-state index >= 15 is 0 Å². The van der Waals surface area contributed by atoms with Crippen molar-refractivity contribution in [2.24, 2.45) is 0 Å². The molecule has 2 aromatic rings. The number of benzene rings is 1. The van der Waals surface area contributed by atoms with Crippen molar-refractivity contribution in [1.29, 1.82) is 0 Å². The van der Waals surface area contributed by atoms with Gasteiger partial charge in [-0.3, -0.25) is 9.59 Å². The molecule has 1 aromatic carbocycles. The van der Waals surface area contributed by atoms with Gasteiger partial charge in [0.15, 0.2) is 9.84 Å². The van der Waals surface area contributed by atoms with E-state index in [0.29, 0.717) is 5.76 Å². The van der Waals surface area contributed by atoms with Gasteiger partial charge in [0.25, 0.3) is 0 Å². The van der Waals surface area contributed by atoms with E-state index in [4.69, 9.17) is 4.42 Å². The second-order valence-electron chi connectivity index (χ2n) is 5.99. The fourth-order valence-corrected chi connectivity index (χ4v) is 3.46. The fourth-order valence-electron chi connectivity index (χ4n) is 2.23. The number of hydrogen-bond acceptors (Lipinski definition) is 5. The molecule has 0 unspecified atom stereocenters. The van der Waals surface area contributed by atoms with E-state index in [9.17, 15) is 18.0 Å². The summed E-state index contributed by atoms with van der Waals surface area (Å²) in [5.41, 5.74) is 0.959. The number of furan rings is 1. The summed E-state index contributed by atoms with van der Waals surface area (Å²) < 4.78 is 29.6. The average Bonchev–Trinajstić information content (AvgIpc) is 3.12. The van der Waals surface area contributed by atoms with Gasteiger partial charge < -0.3 is 14.6 Å². The molecule has 2 amide bonds. The smallest absolute Gasteiger partial charge is 0.239 e. The molecule has 0 aliphatic rings. The predicted molar refractivity (Wildman–Crippen MR) is 96.0 cm³/mol. The molecule has 1 aromatic heterocycles. The highest BCUT2D eigenvalue weighted by atomic mass is 32.2. The van der Waals surface area contributed by atoms with Crippen LogP contribution in [-0.4, -0.2) is 44.5 Å². The van der Waals surface area contributed by atoms with E-state index in [1.165, 1.54) is 30.3 Å². The lowest BCUT2D eigenvalue weighted by atomic mass is 10.2. The van der Waals surface area contributed by atoms with Crippen molar-refractivity contribution in [3.8, 4) is 0 Å². The Morgan fingerprint density at radius 3 is 2.46 bits per heavy atom. The average molecular weight is 378 g/mol. The Labute approximate surface area is 152 Å². The molecular weight excluding hydrogens is 356 g/mol. The van der Waals surface area contributed by atoms with Crippen LogP contribution < -0.4 is 5.32 Å². The van der Waals surface area contributed by atoms with E-state index in [0.717, 1.165) is 5.56 Å². The maximum absolute atomic E-state index is 12.3. The van der Waals surface area contributed by atoms with Gasteiger partial charge in [-0.1, -0.05) is 17.7 Å². The van der Waals surface area contributed by atoms with E-state index in [2.05, 4.69) is 5.32 Å². The Bertz CT molecular complexity index is 842. The molecule has 0 radical (unpaired) electrons. The first kappa shape index (κ1) is 19.7. The van der Waals surface area contributed by atoms with Gasteiger partial charge >= 0.3 is 0 Å². The fraction of sp³-hybridized carbons (Fsp3) is 0.333. The van der Waals surface area contributed by atoms with Crippen LogP contribution in [0.5, 0.6) is 0 Å². The summed E-state index contributed by atoms with van der Waals surface area (Å²) in [5.74, 6) is -0.447. The molecule has 0 saturated heterocycles. The van der Waals surface area contributed by atoms with Crippen molar-refractivity contribution in [1.82, 2.24) is 10.2 Å². The summed E-state index contributed by atoms with van der Waals surface area (Å²) in [6.45, 7) is 1.95. The maximum atomic E-state index is 12.3. The molecule has 2 rings (SSSR count). The predicted octanol–water partition coefficient (Wildman–Crippen LogP) is 1.53. The lowest BCUT2D eigenvalue weighted by Gasteiger charge is -2.16. The SMILES string of the molecule is Cc1ccc(S(=O)(=O)CCC(=O)N(C)CC(=O)NCc2ccco2)cc1. The van der Waals surface area contributed by atoms with Crippen LogP contribution in [0.1, 0.15) is 17.7 Å². The molecule has 1 N–H and O–H groups in total. The molecule has 0 aliphatic carbocycles. The number of hydrogen-bond donors (Lipinski definition) is 1. The summed E-state index contributed by atoms with van der Waals surface area (Å²) in [6, 6.07) is 9.92. The molecule has 0 fully saturated rings. The zero-order chi connectivity index (χ0) is 19.2. The summed E-state index contributed by atoms with van der Waals surface area (Å²) in [7, 11) is -2.07. The van der Waals surface area contributed by atoms with Crippen LogP contribution in [-0.2, 0) is 26.0 Å². The molecule has 8 heteroatoms. The number of aryl methyl sites for hydroxylation is 1. The van der Waals surface area contributed by atoms with Gasteiger partial charge in [-0.05, 0) is 31.2 Å². The lowest BCUT2D eigenvalue weighted by molar-refractivity contribution is -0.134. The number of sulfone groups is 1. The monoisotopic (exact) mass is 378 g/mol. The molecule has 0 spiro atoms. The zero-order valence-electron chi connectivity index (χ0n) is 14.8. The molecular formula is C18H22N2O5S. The molecule has 140 valence electrons. The van der Waals surface area contributed by atoms with Gasteiger partial charge in [0, 0.05) is 13.5 Å². The number of rotatable bonds is 8. The highest BCUT2D eigenvalue weighted by molar-refractivity contribution is 7.91. The van der Waals surface area contributed by atoms with E-state index in [1.54, 1.807) is 24.3 Å². The Morgan fingerprint density at radius 2 is 1.85 bits per heavy atom. The number of amides is 2. The molecule has 0 aliphatic heterocycles. The van der Waals surface area contributed by atoms with Crippen LogP contribution in [0.2, 0.25) is 0 Å². The highest BCUT2D eigenvalue weighted by Gasteiger charge is 2.19. The minimum absolute atomic E-state index is 0.149. The topological polar surface area (TPSA) is 96.7 Å². The first-order valence-electron chi connectivity index (χ1n) is 8.10. The molecule has 0 saturated carbocycles. The van der Waals surface area contributed by atoms with Crippen LogP contribution in [0.15, 0.2) is 52.0 Å². The second-order valence-corrected chi connectivity index (χ2v) is 8.10. The summed E-state index contributed by atoms with van der Waals surface area (Å²) in [5, 5.41) is 2.63. The van der Waals surface area contributed by atoms with Gasteiger partial charge in [-0.2, -0.15) is 0 Å². The first-order valence-corrected chi connectivity index (χ1v) is 9.75. The van der Waals surface area contributed by atoms with Gasteiger partial charge in [-0.15, -0.1) is 0 Å². The Kier molecular flexibility index (Phi) is 6.57. The molecule has 26 heavy (non-hydrogen) atoms. The number of nitrogens with zero attached hydrogens (tertiary/aromatic N) is 1. The van der Waals surface area contributed by atoms with Crippen molar-refractivity contribution < 1.29 is 22.4 Å². The third-order valence-electron chi connectivity index (χ3n) is 3.81. The van der Waals surface area contributed by atoms with Crippen LogP contribution >= 0.6 is 0 Å². The first-order chi connectivity index (χ1) is 12.3. The summed E-state index contributed by atoms with van der Waals surface area (Å²) in [6.07, 6.45) is 1.32. The maximum Gasteiger partial charge on any atom is 0.239 e. The molecule has 1 heterocycles. The van der Waals surface area contributed by atoms with Crippen molar-refractivity contribution in [2.45, 2.75) is 24.8 Å². The second kappa shape index (κ2) is 8.66. The summed E-state index contributed by atoms with van der Waals surface area (Å²) >= 11 is 0. The number of nitrogens with one attached hydrogen (secondary N) is 1. The van der Waals surface area contributed by atoms with Gasteiger partial charge in [-0.25, -0.2) is 8.42 Å². The Balaban J connectivity index is 1.80. The van der Waals surface area contributed by atoms with Crippen molar-refractivity contribution in [3.63, 3.8) is 0 Å². The van der Waals surface area contributed by atoms with E-state index < -0.39 is 15.7 Å². The van der Waals surface area contributed by atoms with E-state index in [1.807, 2.05) is 6.92 Å². The van der Waals surface area contributed by atoms with Crippen molar-refractivity contribution in [3.05, 3.63) is 54.0 Å². The summed E-state index contributed by atoms with van der Waals surface area (Å²) in [4.78, 5) is 25.3. The molecule has 7 nitrogen and oxygen atoms in total. The standard InChI is InChI=1S/C18H22N2O5S/c1-14-5-7-16(8-6-14)26(23,24)11-9-18(22)20(2)13-17(21)19-12-15-4-3-10-25-15/h3-8,10H,9,11-13H2,1-2H3,(H,19,21). The number of carbonyl (C=O) groups excluding carboxylic acids is 2. The number of carbonyl (C=O) groups is 2. The van der Waals surface area contributed by atoms with Gasteiger partial charge in [0.1, 0.15) is 5.76 Å². The lowest BCUT2D eigenvalue weighted by Crippen LogP contribution is -2.38. The van der Waals surface area contributed by atoms with Crippen LogP contribution in [0.3, 0.4) is 0 Å². The quantitative estimate of drug-likeness (QED) is 0.751. The van der Waals surface area contributed by atoms with Crippen molar-refractivity contribution >= 4 is 21.7 Å². The molecule has 0 atom stereocenters. The third-order valence-corrected chi connectivity index (χ3v) is 5.54. The molecule has 0 bridgehead atoms. The van der Waals surface area contributed by atoms with E-state index in [-0.39, 0.29) is 36.1 Å².